The highest BCUT2D eigenvalue weighted by Gasteiger charge is 2.06. The van der Waals surface area contributed by atoms with E-state index in [0.717, 1.165) is 13.0 Å². The molecule has 0 saturated heterocycles. The zero-order chi connectivity index (χ0) is 16.8. The quantitative estimate of drug-likeness (QED) is 0.723. The third-order valence-electron chi connectivity index (χ3n) is 3.37. The van der Waals surface area contributed by atoms with Gasteiger partial charge in [-0.3, -0.25) is 15.0 Å². The number of aromatic nitrogens is 4. The van der Waals surface area contributed by atoms with Crippen LogP contribution in [0, 0.1) is 6.92 Å². The van der Waals surface area contributed by atoms with Gasteiger partial charge in [0.2, 0.25) is 0 Å². The molecule has 0 bridgehead atoms. The maximum Gasteiger partial charge on any atom is 0.320 e. The van der Waals surface area contributed by atoms with Crippen LogP contribution in [0.3, 0.4) is 0 Å². The minimum Gasteiger partial charge on any atom is -0.361 e. The molecular weight excluding hydrogens is 308 g/mol. The lowest BCUT2D eigenvalue weighted by atomic mass is 10.2. The van der Waals surface area contributed by atoms with Crippen molar-refractivity contribution in [2.24, 2.45) is 0 Å². The number of amides is 2. The van der Waals surface area contributed by atoms with Crippen molar-refractivity contribution in [3.8, 4) is 0 Å². The SMILES string of the molecule is Cc1cc(CNC(=O)Nc2ccn(CCc3ccncc3)n2)no1. The van der Waals surface area contributed by atoms with E-state index >= 15 is 0 Å². The van der Waals surface area contributed by atoms with Crippen LogP contribution in [-0.2, 0) is 19.5 Å². The van der Waals surface area contributed by atoms with Gasteiger partial charge in [0.1, 0.15) is 11.5 Å². The molecule has 8 nitrogen and oxygen atoms in total. The Balaban J connectivity index is 1.45. The third-order valence-corrected chi connectivity index (χ3v) is 3.37. The second kappa shape index (κ2) is 7.40. The molecule has 0 saturated carbocycles. The van der Waals surface area contributed by atoms with Crippen LogP contribution < -0.4 is 10.6 Å². The second-order valence-corrected chi connectivity index (χ2v) is 5.31. The van der Waals surface area contributed by atoms with E-state index in [9.17, 15) is 4.79 Å². The van der Waals surface area contributed by atoms with Gasteiger partial charge in [0.05, 0.1) is 6.54 Å². The summed E-state index contributed by atoms with van der Waals surface area (Å²) >= 11 is 0. The van der Waals surface area contributed by atoms with Gasteiger partial charge in [-0.05, 0) is 31.0 Å². The van der Waals surface area contributed by atoms with Crippen LogP contribution in [0.15, 0.2) is 47.4 Å². The Labute approximate surface area is 138 Å². The highest BCUT2D eigenvalue weighted by Crippen LogP contribution is 2.05. The summed E-state index contributed by atoms with van der Waals surface area (Å²) in [5.41, 5.74) is 1.86. The number of urea groups is 1. The van der Waals surface area contributed by atoms with Gasteiger partial charge in [-0.2, -0.15) is 5.10 Å². The maximum absolute atomic E-state index is 11.8. The first-order valence-electron chi connectivity index (χ1n) is 7.58. The number of hydrogen-bond donors (Lipinski definition) is 2. The summed E-state index contributed by atoms with van der Waals surface area (Å²) in [6.07, 6.45) is 6.22. The van der Waals surface area contributed by atoms with Crippen molar-refractivity contribution >= 4 is 11.8 Å². The summed E-state index contributed by atoms with van der Waals surface area (Å²) < 4.78 is 6.73. The molecule has 3 aromatic rings. The standard InChI is InChI=1S/C16H18N6O2/c1-12-10-14(21-24-12)11-18-16(23)19-15-5-9-22(20-15)8-4-13-2-6-17-7-3-13/h2-3,5-7,9-10H,4,8,11H2,1H3,(H2,18,19,20,23). The molecule has 0 spiro atoms. The molecule has 2 amide bonds. The van der Waals surface area contributed by atoms with E-state index in [1.54, 1.807) is 36.1 Å². The Kier molecular flexibility index (Phi) is 4.85. The molecule has 0 aliphatic rings. The molecule has 8 heteroatoms. The van der Waals surface area contributed by atoms with Gasteiger partial charge in [-0.15, -0.1) is 0 Å². The van der Waals surface area contributed by atoms with Crippen molar-refractivity contribution in [1.29, 1.82) is 0 Å². The fourth-order valence-electron chi connectivity index (χ4n) is 2.18. The molecule has 2 N–H and O–H groups in total. The van der Waals surface area contributed by atoms with Crippen LogP contribution >= 0.6 is 0 Å². The lowest BCUT2D eigenvalue weighted by molar-refractivity contribution is 0.251. The summed E-state index contributed by atoms with van der Waals surface area (Å²) in [6.45, 7) is 2.83. The highest BCUT2D eigenvalue weighted by molar-refractivity contribution is 5.87. The molecule has 0 aromatic carbocycles. The summed E-state index contributed by atoms with van der Waals surface area (Å²) in [7, 11) is 0. The minimum absolute atomic E-state index is 0.298. The molecule has 0 fully saturated rings. The number of rotatable bonds is 6. The van der Waals surface area contributed by atoms with Gasteiger partial charge in [-0.25, -0.2) is 4.79 Å². The zero-order valence-electron chi connectivity index (χ0n) is 13.3. The van der Waals surface area contributed by atoms with Gasteiger partial charge in [0, 0.05) is 37.3 Å². The molecule has 0 unspecified atom stereocenters. The molecule has 3 rings (SSSR count). The lowest BCUT2D eigenvalue weighted by Crippen LogP contribution is -2.28. The Bertz CT molecular complexity index is 796. The Morgan fingerprint density at radius 2 is 2.12 bits per heavy atom. The van der Waals surface area contributed by atoms with Gasteiger partial charge in [0.15, 0.2) is 5.82 Å². The van der Waals surface area contributed by atoms with E-state index in [0.29, 0.717) is 23.8 Å². The van der Waals surface area contributed by atoms with Crippen molar-refractivity contribution in [3.63, 3.8) is 0 Å². The van der Waals surface area contributed by atoms with E-state index in [2.05, 4.69) is 25.9 Å². The van der Waals surface area contributed by atoms with Crippen molar-refractivity contribution < 1.29 is 9.32 Å². The lowest BCUT2D eigenvalue weighted by Gasteiger charge is -2.04. The molecule has 24 heavy (non-hydrogen) atoms. The van der Waals surface area contributed by atoms with Crippen molar-refractivity contribution in [2.45, 2.75) is 26.4 Å². The first kappa shape index (κ1) is 15.7. The second-order valence-electron chi connectivity index (χ2n) is 5.31. The van der Waals surface area contributed by atoms with Crippen LogP contribution in [0.2, 0.25) is 0 Å². The molecular formula is C16H18N6O2. The fourth-order valence-corrected chi connectivity index (χ4v) is 2.18. The summed E-state index contributed by atoms with van der Waals surface area (Å²) in [6, 6.07) is 7.14. The largest absolute Gasteiger partial charge is 0.361 e. The van der Waals surface area contributed by atoms with Gasteiger partial charge < -0.3 is 9.84 Å². The van der Waals surface area contributed by atoms with Gasteiger partial charge in [0.25, 0.3) is 0 Å². The first-order chi connectivity index (χ1) is 11.7. The van der Waals surface area contributed by atoms with Crippen molar-refractivity contribution in [3.05, 3.63) is 59.9 Å². The topological polar surface area (TPSA) is 97.9 Å². The number of nitrogens with zero attached hydrogens (tertiary/aromatic N) is 4. The number of pyridine rings is 1. The Morgan fingerprint density at radius 3 is 2.88 bits per heavy atom. The summed E-state index contributed by atoms with van der Waals surface area (Å²) in [5, 5.41) is 13.5. The number of hydrogen-bond acceptors (Lipinski definition) is 5. The predicted molar refractivity (Wildman–Crippen MR) is 87.3 cm³/mol. The molecule has 0 aliphatic carbocycles. The predicted octanol–water partition coefficient (Wildman–Crippen LogP) is 2.14. The van der Waals surface area contributed by atoms with Crippen LogP contribution in [0.25, 0.3) is 0 Å². The van der Waals surface area contributed by atoms with E-state index in [1.165, 1.54) is 5.56 Å². The van der Waals surface area contributed by atoms with Gasteiger partial charge >= 0.3 is 6.03 Å². The normalized spacial score (nSPS) is 10.5. The van der Waals surface area contributed by atoms with E-state index < -0.39 is 0 Å². The molecule has 3 aromatic heterocycles. The van der Waals surface area contributed by atoms with E-state index in [-0.39, 0.29) is 6.03 Å². The van der Waals surface area contributed by atoms with E-state index in [4.69, 9.17) is 4.52 Å². The number of aryl methyl sites for hydroxylation is 3. The monoisotopic (exact) mass is 326 g/mol. The smallest absolute Gasteiger partial charge is 0.320 e. The van der Waals surface area contributed by atoms with Crippen LogP contribution in [0.1, 0.15) is 17.0 Å². The van der Waals surface area contributed by atoms with Crippen LogP contribution in [0.5, 0.6) is 0 Å². The number of anilines is 1. The van der Waals surface area contributed by atoms with Crippen LogP contribution in [0.4, 0.5) is 10.6 Å². The zero-order valence-corrected chi connectivity index (χ0v) is 13.3. The average Bonchev–Trinajstić information content (AvgIpc) is 3.21. The van der Waals surface area contributed by atoms with Crippen molar-refractivity contribution in [1.82, 2.24) is 25.2 Å². The maximum atomic E-state index is 11.8. The molecule has 0 atom stereocenters. The summed E-state index contributed by atoms with van der Waals surface area (Å²) in [5.74, 6) is 1.21. The Morgan fingerprint density at radius 1 is 1.29 bits per heavy atom. The number of carbonyl (C=O) groups is 1. The molecule has 124 valence electrons. The average molecular weight is 326 g/mol. The number of nitrogens with one attached hydrogen (secondary N) is 2. The highest BCUT2D eigenvalue weighted by atomic mass is 16.5. The Hall–Kier alpha value is -3.16. The first-order valence-corrected chi connectivity index (χ1v) is 7.58. The van der Waals surface area contributed by atoms with E-state index in [1.807, 2.05) is 18.3 Å². The molecule has 0 radical (unpaired) electrons. The number of carbonyl (C=O) groups excluding carboxylic acids is 1. The minimum atomic E-state index is -0.338. The van der Waals surface area contributed by atoms with Gasteiger partial charge in [-0.1, -0.05) is 5.16 Å². The van der Waals surface area contributed by atoms with Crippen molar-refractivity contribution in [2.75, 3.05) is 5.32 Å². The molecule has 3 heterocycles. The van der Waals surface area contributed by atoms with Crippen LogP contribution in [-0.4, -0.2) is 26.0 Å². The summed E-state index contributed by atoms with van der Waals surface area (Å²) in [4.78, 5) is 15.8. The third kappa shape index (κ3) is 4.42. The molecule has 0 aliphatic heterocycles. The fraction of sp³-hybridized carbons (Fsp3) is 0.250.